The van der Waals surface area contributed by atoms with Crippen LogP contribution in [0, 0.1) is 5.92 Å². The zero-order valence-corrected chi connectivity index (χ0v) is 20.9. The summed E-state index contributed by atoms with van der Waals surface area (Å²) in [7, 11) is 3.25. The zero-order valence-electron chi connectivity index (χ0n) is 20.9. The lowest BCUT2D eigenvalue weighted by Crippen LogP contribution is -2.63. The molecular weight excluding hydrogens is 436 g/mol. The molecular formula is C25H38N4O5. The topological polar surface area (TPSA) is 129 Å². The molecule has 34 heavy (non-hydrogen) atoms. The van der Waals surface area contributed by atoms with E-state index in [4.69, 9.17) is 4.74 Å². The SMILES string of the molecule is CCC(C)C1NC(=O)C(NC)Cc2cc(ccc2OC)/C=C\NC(=O)C(C(C)(O)CC)NC1=O. The zero-order chi connectivity index (χ0) is 25.5. The lowest BCUT2D eigenvalue weighted by Gasteiger charge is -2.33. The van der Waals surface area contributed by atoms with Crippen LogP contribution in [0.3, 0.4) is 0 Å². The molecule has 5 N–H and O–H groups in total. The number of hydrogen-bond acceptors (Lipinski definition) is 6. The number of likely N-dealkylation sites (N-methyl/N-ethyl adjacent to an activating group) is 1. The van der Waals surface area contributed by atoms with Gasteiger partial charge in [-0.2, -0.15) is 0 Å². The predicted molar refractivity (Wildman–Crippen MR) is 131 cm³/mol. The van der Waals surface area contributed by atoms with Crippen LogP contribution < -0.4 is 26.0 Å². The molecule has 0 saturated heterocycles. The predicted octanol–water partition coefficient (Wildman–Crippen LogP) is 1.10. The molecule has 188 valence electrons. The molecule has 3 amide bonds. The normalized spacial score (nSPS) is 25.5. The van der Waals surface area contributed by atoms with Crippen LogP contribution >= 0.6 is 0 Å². The van der Waals surface area contributed by atoms with Gasteiger partial charge in [-0.1, -0.05) is 33.3 Å². The van der Waals surface area contributed by atoms with Gasteiger partial charge in [0.25, 0.3) is 0 Å². The van der Waals surface area contributed by atoms with Crippen molar-refractivity contribution in [3.63, 3.8) is 0 Å². The summed E-state index contributed by atoms with van der Waals surface area (Å²) >= 11 is 0. The summed E-state index contributed by atoms with van der Waals surface area (Å²) in [5.41, 5.74) is 0.102. The lowest BCUT2D eigenvalue weighted by molar-refractivity contribution is -0.138. The number of ether oxygens (including phenoxy) is 1. The summed E-state index contributed by atoms with van der Waals surface area (Å²) < 4.78 is 5.47. The van der Waals surface area contributed by atoms with Crippen molar-refractivity contribution in [1.82, 2.24) is 21.3 Å². The van der Waals surface area contributed by atoms with Crippen molar-refractivity contribution in [1.29, 1.82) is 0 Å². The maximum atomic E-state index is 13.3. The molecule has 5 atom stereocenters. The fourth-order valence-corrected chi connectivity index (χ4v) is 3.81. The first-order chi connectivity index (χ1) is 16.1. The Morgan fingerprint density at radius 2 is 1.88 bits per heavy atom. The van der Waals surface area contributed by atoms with E-state index in [-0.39, 0.29) is 18.2 Å². The Hall–Kier alpha value is -2.91. The highest BCUT2D eigenvalue weighted by atomic mass is 16.5. The second-order valence-electron chi connectivity index (χ2n) is 8.98. The van der Waals surface area contributed by atoms with Crippen LogP contribution in [0.2, 0.25) is 0 Å². The minimum absolute atomic E-state index is 0.204. The molecule has 1 aliphatic heterocycles. The first-order valence-corrected chi connectivity index (χ1v) is 11.7. The molecule has 0 saturated carbocycles. The number of methoxy groups -OCH3 is 1. The number of rotatable bonds is 6. The molecule has 2 bridgehead atoms. The van der Waals surface area contributed by atoms with Crippen molar-refractivity contribution >= 4 is 23.8 Å². The van der Waals surface area contributed by atoms with Gasteiger partial charge in [0.15, 0.2) is 0 Å². The molecule has 1 aromatic carbocycles. The molecule has 9 nitrogen and oxygen atoms in total. The third-order valence-corrected chi connectivity index (χ3v) is 6.57. The van der Waals surface area contributed by atoms with Crippen LogP contribution in [0.5, 0.6) is 5.75 Å². The minimum Gasteiger partial charge on any atom is -0.496 e. The Labute approximate surface area is 201 Å². The second kappa shape index (κ2) is 12.0. The maximum Gasteiger partial charge on any atom is 0.249 e. The number of fused-ring (bicyclic) bond motifs is 2. The van der Waals surface area contributed by atoms with E-state index < -0.39 is 35.5 Å². The highest BCUT2D eigenvalue weighted by Crippen LogP contribution is 2.23. The largest absolute Gasteiger partial charge is 0.496 e. The highest BCUT2D eigenvalue weighted by Gasteiger charge is 2.39. The van der Waals surface area contributed by atoms with Gasteiger partial charge in [0.2, 0.25) is 17.7 Å². The number of aliphatic hydroxyl groups is 1. The van der Waals surface area contributed by atoms with Crippen molar-refractivity contribution < 1.29 is 24.2 Å². The Balaban J connectivity index is 2.56. The molecule has 0 aliphatic carbocycles. The Bertz CT molecular complexity index is 915. The quantitative estimate of drug-likeness (QED) is 0.420. The van der Waals surface area contributed by atoms with Crippen molar-refractivity contribution in [3.05, 3.63) is 35.5 Å². The Morgan fingerprint density at radius 1 is 1.18 bits per heavy atom. The van der Waals surface area contributed by atoms with E-state index in [2.05, 4.69) is 21.3 Å². The van der Waals surface area contributed by atoms with Crippen LogP contribution in [0.25, 0.3) is 6.08 Å². The number of amides is 3. The second-order valence-corrected chi connectivity index (χ2v) is 8.98. The van der Waals surface area contributed by atoms with Crippen LogP contribution in [0.4, 0.5) is 0 Å². The number of benzene rings is 1. The standard InChI is InChI=1S/C25H38N4O5/c1-7-15(3)20-23(31)29-21(25(4,33)8-2)24(32)27-12-11-16-9-10-19(34-6)17(13-16)14-18(26-5)22(30)28-20/h9-13,15,18,20-21,26,33H,7-8,14H2,1-6H3,(H,27,32)(H,28,30)(H,29,31)/b12-11-. The van der Waals surface area contributed by atoms with Gasteiger partial charge in [0, 0.05) is 12.6 Å². The molecule has 0 aromatic heterocycles. The molecule has 0 radical (unpaired) electrons. The minimum atomic E-state index is -1.49. The van der Waals surface area contributed by atoms with E-state index >= 15 is 0 Å². The van der Waals surface area contributed by atoms with Crippen molar-refractivity contribution in [2.75, 3.05) is 14.2 Å². The number of hydrogen-bond donors (Lipinski definition) is 5. The van der Waals surface area contributed by atoms with Gasteiger partial charge in [0.1, 0.15) is 17.8 Å². The van der Waals surface area contributed by atoms with Crippen molar-refractivity contribution in [2.24, 2.45) is 5.92 Å². The fraction of sp³-hybridized carbons (Fsp3) is 0.560. The monoisotopic (exact) mass is 474 g/mol. The summed E-state index contributed by atoms with van der Waals surface area (Å²) in [6.07, 6.45) is 4.38. The van der Waals surface area contributed by atoms with E-state index in [1.165, 1.54) is 13.1 Å². The van der Waals surface area contributed by atoms with Gasteiger partial charge in [-0.05, 0) is 55.6 Å². The van der Waals surface area contributed by atoms with Gasteiger partial charge in [0.05, 0.1) is 18.8 Å². The summed E-state index contributed by atoms with van der Waals surface area (Å²) in [6.45, 7) is 7.01. The molecule has 9 heteroatoms. The number of carbonyl (C=O) groups excluding carboxylic acids is 3. The maximum absolute atomic E-state index is 13.3. The smallest absolute Gasteiger partial charge is 0.249 e. The summed E-state index contributed by atoms with van der Waals surface area (Å²) in [5.74, 6) is -0.992. The summed E-state index contributed by atoms with van der Waals surface area (Å²) in [5, 5.41) is 22.1. The van der Waals surface area contributed by atoms with Gasteiger partial charge in [-0.25, -0.2) is 0 Å². The van der Waals surface area contributed by atoms with Gasteiger partial charge < -0.3 is 31.1 Å². The number of nitrogens with one attached hydrogen (secondary N) is 4. The van der Waals surface area contributed by atoms with Crippen molar-refractivity contribution in [3.8, 4) is 5.75 Å². The van der Waals surface area contributed by atoms with Gasteiger partial charge in [-0.15, -0.1) is 0 Å². The van der Waals surface area contributed by atoms with Crippen LogP contribution in [-0.4, -0.2) is 60.7 Å². The van der Waals surface area contributed by atoms with Gasteiger partial charge in [-0.3, -0.25) is 14.4 Å². The van der Waals surface area contributed by atoms with E-state index in [0.717, 1.165) is 11.1 Å². The summed E-state index contributed by atoms with van der Waals surface area (Å²) in [4.78, 5) is 39.5. The average molecular weight is 475 g/mol. The van der Waals surface area contributed by atoms with E-state index in [0.29, 0.717) is 18.6 Å². The lowest BCUT2D eigenvalue weighted by atomic mass is 9.91. The van der Waals surface area contributed by atoms with Crippen LogP contribution in [0.15, 0.2) is 24.4 Å². The Kier molecular flexibility index (Phi) is 9.64. The van der Waals surface area contributed by atoms with Crippen LogP contribution in [0.1, 0.15) is 51.7 Å². The fourth-order valence-electron chi connectivity index (χ4n) is 3.81. The first-order valence-electron chi connectivity index (χ1n) is 11.7. The molecule has 0 fully saturated rings. The highest BCUT2D eigenvalue weighted by molar-refractivity contribution is 5.94. The molecule has 0 spiro atoms. The molecule has 1 aromatic rings. The third kappa shape index (κ3) is 6.57. The summed E-state index contributed by atoms with van der Waals surface area (Å²) in [6, 6.07) is 2.80. The van der Waals surface area contributed by atoms with Crippen LogP contribution in [-0.2, 0) is 20.8 Å². The third-order valence-electron chi connectivity index (χ3n) is 6.57. The molecule has 1 aliphatic rings. The van der Waals surface area contributed by atoms with E-state index in [9.17, 15) is 19.5 Å². The molecule has 5 unspecified atom stereocenters. The van der Waals surface area contributed by atoms with Gasteiger partial charge >= 0.3 is 0 Å². The Morgan fingerprint density at radius 3 is 2.47 bits per heavy atom. The first kappa shape index (κ1) is 27.3. The van der Waals surface area contributed by atoms with E-state index in [1.54, 1.807) is 33.2 Å². The number of carbonyl (C=O) groups is 3. The average Bonchev–Trinajstić information content (AvgIpc) is 2.82. The molecule has 2 rings (SSSR count). The van der Waals surface area contributed by atoms with E-state index in [1.807, 2.05) is 26.0 Å². The van der Waals surface area contributed by atoms with Crippen molar-refractivity contribution in [2.45, 2.75) is 70.7 Å². The molecule has 1 heterocycles.